The van der Waals surface area contributed by atoms with Crippen molar-refractivity contribution in [2.75, 3.05) is 5.32 Å². The highest BCUT2D eigenvalue weighted by Gasteiger charge is 2.16. The van der Waals surface area contributed by atoms with Crippen molar-refractivity contribution in [3.8, 4) is 11.6 Å². The number of ether oxygens (including phenoxy) is 1. The standard InChI is InChI=1S/C19H15BrFN3O3/c1-12(19(26)22-15-6-2-13(20)3-7-15)27-17-10-11-18(25)24(23-17)16-8-4-14(21)5-9-16/h2-12H,1H3,(H,22,26)/t12-/m1/s1. The zero-order valence-electron chi connectivity index (χ0n) is 14.2. The number of aromatic nitrogens is 2. The Morgan fingerprint density at radius 2 is 1.78 bits per heavy atom. The van der Waals surface area contributed by atoms with E-state index in [-0.39, 0.29) is 11.8 Å². The van der Waals surface area contributed by atoms with Crippen LogP contribution in [0.3, 0.4) is 0 Å². The summed E-state index contributed by atoms with van der Waals surface area (Å²) in [7, 11) is 0. The minimum absolute atomic E-state index is 0.0948. The van der Waals surface area contributed by atoms with Gasteiger partial charge < -0.3 is 10.1 Å². The van der Waals surface area contributed by atoms with Gasteiger partial charge in [-0.05, 0) is 55.5 Å². The molecule has 1 atom stereocenters. The fraction of sp³-hybridized carbons (Fsp3) is 0.105. The molecule has 27 heavy (non-hydrogen) atoms. The van der Waals surface area contributed by atoms with Crippen molar-refractivity contribution in [1.29, 1.82) is 0 Å². The molecule has 1 N–H and O–H groups in total. The van der Waals surface area contributed by atoms with Gasteiger partial charge in [0.1, 0.15) is 5.82 Å². The highest BCUT2D eigenvalue weighted by Crippen LogP contribution is 2.15. The largest absolute Gasteiger partial charge is 0.463 e. The van der Waals surface area contributed by atoms with Gasteiger partial charge in [-0.1, -0.05) is 15.9 Å². The summed E-state index contributed by atoms with van der Waals surface area (Å²) in [6, 6.07) is 15.1. The zero-order chi connectivity index (χ0) is 19.4. The van der Waals surface area contributed by atoms with Gasteiger partial charge in [0.2, 0.25) is 5.88 Å². The molecule has 3 aromatic rings. The van der Waals surface area contributed by atoms with Crippen molar-refractivity contribution in [2.45, 2.75) is 13.0 Å². The first-order valence-electron chi connectivity index (χ1n) is 8.02. The van der Waals surface area contributed by atoms with Crippen LogP contribution in [0.15, 0.2) is 69.9 Å². The van der Waals surface area contributed by atoms with Crippen molar-refractivity contribution in [3.63, 3.8) is 0 Å². The van der Waals surface area contributed by atoms with Gasteiger partial charge in [0.25, 0.3) is 11.5 Å². The molecule has 0 bridgehead atoms. The topological polar surface area (TPSA) is 73.2 Å². The second-order valence-corrected chi connectivity index (χ2v) is 6.57. The minimum atomic E-state index is -0.847. The molecule has 1 aromatic heterocycles. The fourth-order valence-electron chi connectivity index (χ4n) is 2.24. The number of anilines is 1. The lowest BCUT2D eigenvalue weighted by Crippen LogP contribution is -2.31. The highest BCUT2D eigenvalue weighted by molar-refractivity contribution is 9.10. The number of amides is 1. The van der Waals surface area contributed by atoms with Gasteiger partial charge in [-0.25, -0.2) is 4.39 Å². The maximum atomic E-state index is 13.1. The second kappa shape index (κ2) is 8.13. The lowest BCUT2D eigenvalue weighted by molar-refractivity contribution is -0.122. The molecule has 0 fully saturated rings. The van der Waals surface area contributed by atoms with E-state index in [1.807, 2.05) is 0 Å². The zero-order valence-corrected chi connectivity index (χ0v) is 15.8. The average molecular weight is 432 g/mol. The SMILES string of the molecule is C[C@@H](Oc1ccc(=O)n(-c2ccc(F)cc2)n1)C(=O)Nc1ccc(Br)cc1. The summed E-state index contributed by atoms with van der Waals surface area (Å²) in [6.45, 7) is 1.57. The molecule has 3 rings (SSSR count). The van der Waals surface area contributed by atoms with Gasteiger partial charge in [-0.2, -0.15) is 4.68 Å². The first kappa shape index (κ1) is 18.8. The maximum Gasteiger partial charge on any atom is 0.271 e. The molecule has 8 heteroatoms. The third kappa shape index (κ3) is 4.79. The van der Waals surface area contributed by atoms with Crippen molar-refractivity contribution >= 4 is 27.5 Å². The Hall–Kier alpha value is -3.00. The van der Waals surface area contributed by atoms with Crippen LogP contribution in [-0.2, 0) is 4.79 Å². The van der Waals surface area contributed by atoms with Gasteiger partial charge >= 0.3 is 0 Å². The molecule has 0 aliphatic carbocycles. The number of hydrogen-bond donors (Lipinski definition) is 1. The summed E-state index contributed by atoms with van der Waals surface area (Å²) in [5, 5.41) is 6.82. The smallest absolute Gasteiger partial charge is 0.271 e. The van der Waals surface area contributed by atoms with Crippen LogP contribution in [0.2, 0.25) is 0 Å². The van der Waals surface area contributed by atoms with Gasteiger partial charge in [0, 0.05) is 22.3 Å². The van der Waals surface area contributed by atoms with Crippen molar-refractivity contribution in [2.24, 2.45) is 0 Å². The fourth-order valence-corrected chi connectivity index (χ4v) is 2.50. The summed E-state index contributed by atoms with van der Waals surface area (Å²) >= 11 is 3.33. The van der Waals surface area contributed by atoms with Crippen LogP contribution in [0, 0.1) is 5.82 Å². The Kier molecular flexibility index (Phi) is 5.66. The van der Waals surface area contributed by atoms with Crippen molar-refractivity contribution < 1.29 is 13.9 Å². The summed E-state index contributed by atoms with van der Waals surface area (Å²) < 4.78 is 20.6. The van der Waals surface area contributed by atoms with Gasteiger partial charge in [0.05, 0.1) is 5.69 Å². The summed E-state index contributed by atoms with van der Waals surface area (Å²) in [5.41, 5.74) is 0.614. The van der Waals surface area contributed by atoms with E-state index in [2.05, 4.69) is 26.3 Å². The van der Waals surface area contributed by atoms with E-state index in [4.69, 9.17) is 4.74 Å². The number of benzene rings is 2. The van der Waals surface area contributed by atoms with E-state index in [0.29, 0.717) is 11.4 Å². The van der Waals surface area contributed by atoms with E-state index in [0.717, 1.165) is 9.15 Å². The quantitative estimate of drug-likeness (QED) is 0.670. The maximum absolute atomic E-state index is 13.1. The number of nitrogens with zero attached hydrogens (tertiary/aromatic N) is 2. The molecule has 0 aliphatic rings. The van der Waals surface area contributed by atoms with Gasteiger partial charge in [-0.15, -0.1) is 5.10 Å². The summed E-state index contributed by atoms with van der Waals surface area (Å²) in [4.78, 5) is 24.3. The number of halogens is 2. The third-order valence-electron chi connectivity index (χ3n) is 3.63. The Labute approximate surface area is 162 Å². The average Bonchev–Trinajstić information content (AvgIpc) is 2.66. The van der Waals surface area contributed by atoms with Crippen LogP contribution in [-0.4, -0.2) is 21.8 Å². The number of nitrogens with one attached hydrogen (secondary N) is 1. The number of carbonyl (C=O) groups is 1. The van der Waals surface area contributed by atoms with E-state index < -0.39 is 17.5 Å². The van der Waals surface area contributed by atoms with E-state index in [1.165, 1.54) is 36.4 Å². The van der Waals surface area contributed by atoms with Crippen LogP contribution >= 0.6 is 15.9 Å². The lowest BCUT2D eigenvalue weighted by Gasteiger charge is -2.15. The molecule has 6 nitrogen and oxygen atoms in total. The molecule has 0 spiro atoms. The Balaban J connectivity index is 1.74. The second-order valence-electron chi connectivity index (χ2n) is 5.65. The molecular formula is C19H15BrFN3O3. The minimum Gasteiger partial charge on any atom is -0.463 e. The first-order valence-corrected chi connectivity index (χ1v) is 8.81. The van der Waals surface area contributed by atoms with Crippen LogP contribution in [0.25, 0.3) is 5.69 Å². The molecule has 1 heterocycles. The first-order chi connectivity index (χ1) is 12.9. The normalized spacial score (nSPS) is 11.7. The highest BCUT2D eigenvalue weighted by atomic mass is 79.9. The Morgan fingerprint density at radius 1 is 1.11 bits per heavy atom. The van der Waals surface area contributed by atoms with Crippen LogP contribution in [0.5, 0.6) is 5.88 Å². The molecule has 0 unspecified atom stereocenters. The van der Waals surface area contributed by atoms with Gasteiger partial charge in [-0.3, -0.25) is 9.59 Å². The predicted octanol–water partition coefficient (Wildman–Crippen LogP) is 3.54. The van der Waals surface area contributed by atoms with Gasteiger partial charge in [0.15, 0.2) is 6.10 Å². The summed E-state index contributed by atoms with van der Waals surface area (Å²) in [5.74, 6) is -0.687. The van der Waals surface area contributed by atoms with E-state index >= 15 is 0 Å². The van der Waals surface area contributed by atoms with Crippen LogP contribution < -0.4 is 15.6 Å². The number of hydrogen-bond acceptors (Lipinski definition) is 4. The Morgan fingerprint density at radius 3 is 2.44 bits per heavy atom. The molecule has 138 valence electrons. The Bertz CT molecular complexity index is 1000. The van der Waals surface area contributed by atoms with E-state index in [1.54, 1.807) is 31.2 Å². The molecule has 0 aliphatic heterocycles. The predicted molar refractivity (Wildman–Crippen MR) is 103 cm³/mol. The number of rotatable bonds is 5. The lowest BCUT2D eigenvalue weighted by atomic mass is 10.3. The molecule has 0 saturated heterocycles. The summed E-state index contributed by atoms with van der Waals surface area (Å²) in [6.07, 6.45) is -0.847. The number of carbonyl (C=O) groups excluding carboxylic acids is 1. The van der Waals surface area contributed by atoms with Crippen molar-refractivity contribution in [1.82, 2.24) is 9.78 Å². The van der Waals surface area contributed by atoms with Crippen LogP contribution in [0.4, 0.5) is 10.1 Å². The third-order valence-corrected chi connectivity index (χ3v) is 4.15. The molecule has 1 amide bonds. The van der Waals surface area contributed by atoms with E-state index in [9.17, 15) is 14.0 Å². The van der Waals surface area contributed by atoms with Crippen molar-refractivity contribution in [3.05, 3.63) is 81.3 Å². The van der Waals surface area contributed by atoms with Crippen LogP contribution in [0.1, 0.15) is 6.92 Å². The molecule has 0 radical (unpaired) electrons. The molecular weight excluding hydrogens is 417 g/mol. The molecule has 0 saturated carbocycles. The monoisotopic (exact) mass is 431 g/mol. The molecule has 2 aromatic carbocycles.